The normalized spacial score (nSPS) is 10.9. The zero-order valence-corrected chi connectivity index (χ0v) is 14.4. The van der Waals surface area contributed by atoms with Crippen LogP contribution in [0.5, 0.6) is 0 Å². The summed E-state index contributed by atoms with van der Waals surface area (Å²) < 4.78 is 5.61. The van der Waals surface area contributed by atoms with Gasteiger partial charge in [-0.05, 0) is 30.7 Å². The molecule has 0 aliphatic carbocycles. The average molecular weight is 361 g/mol. The maximum Gasteiger partial charge on any atom is 0.264 e. The molecular weight excluding hydrogens is 346 g/mol. The molecule has 3 aromatic heterocycles. The third kappa shape index (κ3) is 3.32. The first-order chi connectivity index (χ1) is 13.1. The maximum atomic E-state index is 12.3. The van der Waals surface area contributed by atoms with Crippen LogP contribution < -0.4 is 10.9 Å². The van der Waals surface area contributed by atoms with E-state index in [0.29, 0.717) is 22.9 Å². The number of rotatable bonds is 4. The number of hydrogen-bond acceptors (Lipinski definition) is 6. The monoisotopic (exact) mass is 361 g/mol. The summed E-state index contributed by atoms with van der Waals surface area (Å²) in [7, 11) is 0. The number of nitrogens with zero attached hydrogens (tertiary/aromatic N) is 3. The number of nitrogens with one attached hydrogen (secondary N) is 2. The summed E-state index contributed by atoms with van der Waals surface area (Å²) in [6.07, 6.45) is 4.44. The Labute approximate surface area is 153 Å². The van der Waals surface area contributed by atoms with Crippen LogP contribution in [-0.4, -0.2) is 25.8 Å². The van der Waals surface area contributed by atoms with Crippen LogP contribution in [0.25, 0.3) is 22.5 Å². The van der Waals surface area contributed by atoms with Gasteiger partial charge in [0, 0.05) is 24.2 Å². The minimum Gasteiger partial charge on any atom is -0.439 e. The Morgan fingerprint density at radius 2 is 2.11 bits per heavy atom. The van der Waals surface area contributed by atoms with Gasteiger partial charge in [-0.15, -0.1) is 0 Å². The van der Waals surface area contributed by atoms with E-state index in [1.165, 1.54) is 6.20 Å². The smallest absolute Gasteiger partial charge is 0.264 e. The highest BCUT2D eigenvalue weighted by Gasteiger charge is 2.14. The van der Waals surface area contributed by atoms with E-state index in [2.05, 4.69) is 25.3 Å². The third-order valence-electron chi connectivity index (χ3n) is 4.04. The fraction of sp³-hybridized carbons (Fsp3) is 0.105. The van der Waals surface area contributed by atoms with E-state index >= 15 is 0 Å². The molecular formula is C19H15N5O3. The summed E-state index contributed by atoms with van der Waals surface area (Å²) in [5.41, 5.74) is 2.43. The molecule has 8 heteroatoms. The van der Waals surface area contributed by atoms with Crippen LogP contribution in [0.1, 0.15) is 21.8 Å². The van der Waals surface area contributed by atoms with Crippen molar-refractivity contribution in [2.75, 3.05) is 0 Å². The Balaban J connectivity index is 1.51. The van der Waals surface area contributed by atoms with Crippen molar-refractivity contribution in [2.45, 2.75) is 13.5 Å². The standard InChI is InChI=1S/C19H15N5O3/c1-11-4-2-6-14-16(11)23-15(27-14)10-22-18(25)13-9-21-17(24-19(13)26)12-5-3-7-20-8-12/h2-9H,10H2,1H3,(H,22,25)(H,21,24,26). The first kappa shape index (κ1) is 16.6. The summed E-state index contributed by atoms with van der Waals surface area (Å²) in [5, 5.41) is 2.63. The van der Waals surface area contributed by atoms with Gasteiger partial charge in [-0.1, -0.05) is 12.1 Å². The minimum absolute atomic E-state index is 0.0662. The van der Waals surface area contributed by atoms with Gasteiger partial charge in [0.2, 0.25) is 5.89 Å². The number of aryl methyl sites for hydroxylation is 1. The fourth-order valence-electron chi connectivity index (χ4n) is 2.67. The van der Waals surface area contributed by atoms with Gasteiger partial charge >= 0.3 is 0 Å². The molecule has 0 radical (unpaired) electrons. The molecule has 1 aromatic carbocycles. The van der Waals surface area contributed by atoms with E-state index in [1.54, 1.807) is 24.5 Å². The lowest BCUT2D eigenvalue weighted by Gasteiger charge is -2.04. The lowest BCUT2D eigenvalue weighted by Crippen LogP contribution is -2.29. The summed E-state index contributed by atoms with van der Waals surface area (Å²) in [6.45, 7) is 2.00. The molecule has 0 aliphatic rings. The number of fused-ring (bicyclic) bond motifs is 1. The Morgan fingerprint density at radius 3 is 2.85 bits per heavy atom. The van der Waals surface area contributed by atoms with Crippen molar-refractivity contribution in [3.63, 3.8) is 0 Å². The molecule has 8 nitrogen and oxygen atoms in total. The first-order valence-electron chi connectivity index (χ1n) is 8.25. The third-order valence-corrected chi connectivity index (χ3v) is 4.04. The zero-order valence-electron chi connectivity index (χ0n) is 14.4. The van der Waals surface area contributed by atoms with Gasteiger partial charge in [0.1, 0.15) is 16.9 Å². The topological polar surface area (TPSA) is 114 Å². The lowest BCUT2D eigenvalue weighted by atomic mass is 10.2. The molecule has 27 heavy (non-hydrogen) atoms. The Hall–Kier alpha value is -3.81. The molecule has 4 aromatic rings. The first-order valence-corrected chi connectivity index (χ1v) is 8.25. The molecule has 0 aliphatic heterocycles. The summed E-state index contributed by atoms with van der Waals surface area (Å²) in [6, 6.07) is 9.12. The molecule has 0 bridgehead atoms. The SMILES string of the molecule is Cc1cccc2oc(CNC(=O)c3cnc(-c4cccnc4)[nH]c3=O)nc12. The second kappa shape index (κ2) is 6.83. The van der Waals surface area contributed by atoms with E-state index in [0.717, 1.165) is 11.1 Å². The lowest BCUT2D eigenvalue weighted by molar-refractivity contribution is 0.0945. The van der Waals surface area contributed by atoms with Gasteiger partial charge in [-0.2, -0.15) is 0 Å². The van der Waals surface area contributed by atoms with E-state index in [1.807, 2.05) is 25.1 Å². The highest BCUT2D eigenvalue weighted by Crippen LogP contribution is 2.18. The van der Waals surface area contributed by atoms with Crippen LogP contribution in [-0.2, 0) is 6.54 Å². The largest absolute Gasteiger partial charge is 0.439 e. The molecule has 0 saturated heterocycles. The van der Waals surface area contributed by atoms with Gasteiger partial charge in [0.25, 0.3) is 11.5 Å². The quantitative estimate of drug-likeness (QED) is 0.576. The molecule has 0 unspecified atom stereocenters. The van der Waals surface area contributed by atoms with Crippen LogP contribution in [0.3, 0.4) is 0 Å². The second-order valence-corrected chi connectivity index (χ2v) is 5.93. The van der Waals surface area contributed by atoms with E-state index in [-0.39, 0.29) is 12.1 Å². The van der Waals surface area contributed by atoms with Crippen LogP contribution >= 0.6 is 0 Å². The number of oxazole rings is 1. The van der Waals surface area contributed by atoms with Gasteiger partial charge in [0.15, 0.2) is 5.58 Å². The molecule has 2 N–H and O–H groups in total. The van der Waals surface area contributed by atoms with E-state index in [9.17, 15) is 9.59 Å². The fourth-order valence-corrected chi connectivity index (χ4v) is 2.67. The van der Waals surface area contributed by atoms with Gasteiger partial charge in [-0.3, -0.25) is 14.6 Å². The van der Waals surface area contributed by atoms with Crippen LogP contribution in [0.4, 0.5) is 0 Å². The minimum atomic E-state index is -0.555. The molecule has 0 spiro atoms. The van der Waals surface area contributed by atoms with Crippen molar-refractivity contribution in [2.24, 2.45) is 0 Å². The number of aromatic nitrogens is 4. The second-order valence-electron chi connectivity index (χ2n) is 5.93. The van der Waals surface area contributed by atoms with Gasteiger partial charge < -0.3 is 14.7 Å². The number of H-pyrrole nitrogens is 1. The maximum absolute atomic E-state index is 12.3. The van der Waals surface area contributed by atoms with Crippen LogP contribution in [0, 0.1) is 6.92 Å². The Bertz CT molecular complexity index is 1180. The van der Waals surface area contributed by atoms with Crippen LogP contribution in [0.2, 0.25) is 0 Å². The number of carbonyl (C=O) groups excluding carboxylic acids is 1. The Kier molecular flexibility index (Phi) is 4.21. The number of para-hydroxylation sites is 1. The highest BCUT2D eigenvalue weighted by molar-refractivity contribution is 5.93. The summed E-state index contributed by atoms with van der Waals surface area (Å²) in [5.74, 6) is 0.156. The molecule has 134 valence electrons. The number of pyridine rings is 1. The van der Waals surface area contributed by atoms with Crippen molar-refractivity contribution in [1.29, 1.82) is 0 Å². The van der Waals surface area contributed by atoms with Crippen molar-refractivity contribution in [3.05, 3.63) is 76.3 Å². The van der Waals surface area contributed by atoms with Crippen molar-refractivity contribution in [3.8, 4) is 11.4 Å². The molecule has 0 atom stereocenters. The molecule has 1 amide bonds. The van der Waals surface area contributed by atoms with Crippen molar-refractivity contribution in [1.82, 2.24) is 25.3 Å². The predicted octanol–water partition coefficient (Wildman–Crippen LogP) is 2.21. The molecule has 0 saturated carbocycles. The van der Waals surface area contributed by atoms with E-state index in [4.69, 9.17) is 4.42 Å². The number of amides is 1. The highest BCUT2D eigenvalue weighted by atomic mass is 16.3. The van der Waals surface area contributed by atoms with Crippen molar-refractivity contribution < 1.29 is 9.21 Å². The van der Waals surface area contributed by atoms with Crippen LogP contribution in [0.15, 0.2) is 58.1 Å². The summed E-state index contributed by atoms with van der Waals surface area (Å²) in [4.78, 5) is 39.6. The molecule has 3 heterocycles. The number of aromatic amines is 1. The Morgan fingerprint density at radius 1 is 1.22 bits per heavy atom. The van der Waals surface area contributed by atoms with E-state index < -0.39 is 11.5 Å². The van der Waals surface area contributed by atoms with Gasteiger partial charge in [-0.25, -0.2) is 9.97 Å². The number of hydrogen-bond donors (Lipinski definition) is 2. The molecule has 0 fully saturated rings. The number of carbonyl (C=O) groups is 1. The predicted molar refractivity (Wildman–Crippen MR) is 98.0 cm³/mol. The van der Waals surface area contributed by atoms with Crippen molar-refractivity contribution >= 4 is 17.0 Å². The van der Waals surface area contributed by atoms with Gasteiger partial charge in [0.05, 0.1) is 6.54 Å². The average Bonchev–Trinajstić information content (AvgIpc) is 3.11. The summed E-state index contributed by atoms with van der Waals surface area (Å²) >= 11 is 0. The number of benzene rings is 1. The zero-order chi connectivity index (χ0) is 18.8. The molecule has 4 rings (SSSR count).